The van der Waals surface area contributed by atoms with Crippen LogP contribution in [0, 0.1) is 0 Å². The van der Waals surface area contributed by atoms with E-state index in [9.17, 15) is 43.8 Å². The van der Waals surface area contributed by atoms with Gasteiger partial charge in [-0.2, -0.15) is 0 Å². The van der Waals surface area contributed by atoms with Crippen LogP contribution in [0.15, 0.2) is 85.0 Å². The summed E-state index contributed by atoms with van der Waals surface area (Å²) in [7, 11) is 0. The van der Waals surface area contributed by atoms with Gasteiger partial charge in [0.25, 0.3) is 0 Å². The molecule has 2 N–H and O–H groups in total. The second-order valence-corrected chi connectivity index (χ2v) is 13.4. The molecule has 0 aliphatic heterocycles. The number of hydrogen-bond acceptors (Lipinski definition) is 16. The SMILES string of the molecule is C=C(C)CCCC(O)COC(=O)c1ccc(-c2ccc(C(=O)OCC(O)COC(=O)C(=C)C)c(C(=O)OCCOC(=O)C(=C)C)c2)cc1C(=O)OCCOC(=O)C(=C)C. The number of ether oxygens (including phenoxy) is 7. The van der Waals surface area contributed by atoms with Crippen LogP contribution in [0.3, 0.4) is 0 Å². The summed E-state index contributed by atoms with van der Waals surface area (Å²) in [6.45, 7) is 17.4. The molecule has 0 radical (unpaired) electrons. The fraction of sp³-hybridized carbons (Fsp3) is 0.372. The Morgan fingerprint density at radius 1 is 0.492 bits per heavy atom. The van der Waals surface area contributed by atoms with Crippen LogP contribution < -0.4 is 0 Å². The molecule has 2 unspecified atom stereocenters. The van der Waals surface area contributed by atoms with E-state index in [1.165, 1.54) is 57.2 Å². The highest BCUT2D eigenvalue weighted by molar-refractivity contribution is 6.06. The van der Waals surface area contributed by atoms with E-state index in [-0.39, 0.29) is 69.9 Å². The molecule has 0 aliphatic rings. The lowest BCUT2D eigenvalue weighted by atomic mass is 9.95. The van der Waals surface area contributed by atoms with E-state index < -0.39 is 80.4 Å². The summed E-state index contributed by atoms with van der Waals surface area (Å²) in [5, 5.41) is 20.5. The fourth-order valence-corrected chi connectivity index (χ4v) is 4.65. The van der Waals surface area contributed by atoms with Crippen LogP contribution >= 0.6 is 0 Å². The first-order chi connectivity index (χ1) is 27.8. The molecule has 0 saturated heterocycles. The molecule has 0 aliphatic carbocycles. The Hall–Kier alpha value is -6.39. The minimum atomic E-state index is -1.42. The molecular weight excluding hydrogens is 772 g/mol. The molecule has 0 spiro atoms. The highest BCUT2D eigenvalue weighted by atomic mass is 16.6. The zero-order valence-electron chi connectivity index (χ0n) is 33.6. The molecule has 0 saturated carbocycles. The van der Waals surface area contributed by atoms with E-state index in [1.807, 2.05) is 6.92 Å². The van der Waals surface area contributed by atoms with Gasteiger partial charge in [0.1, 0.15) is 52.4 Å². The fourth-order valence-electron chi connectivity index (χ4n) is 4.65. The van der Waals surface area contributed by atoms with Gasteiger partial charge in [-0.15, -0.1) is 6.58 Å². The van der Waals surface area contributed by atoms with Gasteiger partial charge in [-0.05, 0) is 82.3 Å². The van der Waals surface area contributed by atoms with Crippen LogP contribution in [0.25, 0.3) is 11.1 Å². The monoisotopic (exact) mass is 822 g/mol. The lowest BCUT2D eigenvalue weighted by Crippen LogP contribution is -2.26. The zero-order chi connectivity index (χ0) is 44.2. The minimum Gasteiger partial charge on any atom is -0.459 e. The number of benzene rings is 2. The quantitative estimate of drug-likeness (QED) is 0.0477. The minimum absolute atomic E-state index is 0.0902. The molecule has 16 nitrogen and oxygen atoms in total. The van der Waals surface area contributed by atoms with Gasteiger partial charge in [0.05, 0.1) is 28.4 Å². The summed E-state index contributed by atoms with van der Waals surface area (Å²) in [6, 6.07) is 7.81. The molecule has 318 valence electrons. The Morgan fingerprint density at radius 3 is 1.25 bits per heavy atom. The van der Waals surface area contributed by atoms with Gasteiger partial charge in [-0.25, -0.2) is 33.6 Å². The first-order valence-electron chi connectivity index (χ1n) is 18.3. The molecule has 2 aromatic carbocycles. The average Bonchev–Trinajstić information content (AvgIpc) is 3.19. The normalized spacial score (nSPS) is 11.5. The van der Waals surface area contributed by atoms with Crippen molar-refractivity contribution in [3.05, 3.63) is 107 Å². The van der Waals surface area contributed by atoms with Gasteiger partial charge in [-0.1, -0.05) is 37.4 Å². The van der Waals surface area contributed by atoms with Crippen LogP contribution in [-0.4, -0.2) is 110 Å². The third-order valence-electron chi connectivity index (χ3n) is 7.76. The molecule has 59 heavy (non-hydrogen) atoms. The Balaban J connectivity index is 2.48. The second-order valence-electron chi connectivity index (χ2n) is 13.4. The van der Waals surface area contributed by atoms with Gasteiger partial charge in [0.15, 0.2) is 0 Å². The predicted molar refractivity (Wildman–Crippen MR) is 211 cm³/mol. The van der Waals surface area contributed by atoms with Crippen molar-refractivity contribution in [1.29, 1.82) is 0 Å². The van der Waals surface area contributed by atoms with E-state index in [1.54, 1.807) is 0 Å². The number of carbonyl (C=O) groups is 7. The van der Waals surface area contributed by atoms with Crippen LogP contribution in [0.2, 0.25) is 0 Å². The number of carbonyl (C=O) groups excluding carboxylic acids is 7. The molecule has 2 rings (SSSR count). The van der Waals surface area contributed by atoms with Crippen LogP contribution in [0.4, 0.5) is 0 Å². The molecular formula is C43H50O16. The summed E-state index contributed by atoms with van der Waals surface area (Å²) in [4.78, 5) is 88.5. The van der Waals surface area contributed by atoms with E-state index in [0.29, 0.717) is 19.3 Å². The van der Waals surface area contributed by atoms with Crippen molar-refractivity contribution in [3.8, 4) is 11.1 Å². The van der Waals surface area contributed by atoms with Crippen LogP contribution in [0.5, 0.6) is 0 Å². The van der Waals surface area contributed by atoms with Crippen LogP contribution in [-0.2, 0) is 47.5 Å². The standard InChI is InChI=1S/C43H50O16/c1-25(2)10-9-11-31(44)22-58-40(49)33-14-12-29(20-35(33)42(51)55-18-16-53-37(46)26(3)4)30-13-15-34(41(50)59-24-32(45)23-57-39(48)28(7)8)36(21-30)43(52)56-19-17-54-38(47)27(5)6/h12-15,20-21,31-32,44-45H,1,3,5,7,9-11,16-19,22-24H2,2,4,6,8H3. The maximum Gasteiger partial charge on any atom is 0.339 e. The number of allylic oxidation sites excluding steroid dienone is 1. The van der Waals surface area contributed by atoms with E-state index in [2.05, 4.69) is 26.3 Å². The van der Waals surface area contributed by atoms with Crippen molar-refractivity contribution in [3.63, 3.8) is 0 Å². The van der Waals surface area contributed by atoms with Gasteiger partial charge >= 0.3 is 41.8 Å². The summed E-state index contributed by atoms with van der Waals surface area (Å²) < 4.78 is 35.8. The van der Waals surface area contributed by atoms with Crippen LogP contribution in [0.1, 0.15) is 88.4 Å². The summed E-state index contributed by atoms with van der Waals surface area (Å²) >= 11 is 0. The molecule has 16 heteroatoms. The van der Waals surface area contributed by atoms with Gasteiger partial charge in [0, 0.05) is 16.7 Å². The molecule has 0 bridgehead atoms. The largest absolute Gasteiger partial charge is 0.459 e. The van der Waals surface area contributed by atoms with Crippen molar-refractivity contribution < 1.29 is 76.9 Å². The first kappa shape index (κ1) is 48.8. The predicted octanol–water partition coefficient (Wildman–Crippen LogP) is 4.81. The average molecular weight is 823 g/mol. The lowest BCUT2D eigenvalue weighted by molar-refractivity contribution is -0.142. The van der Waals surface area contributed by atoms with Crippen molar-refractivity contribution in [2.45, 2.75) is 59.2 Å². The van der Waals surface area contributed by atoms with Crippen molar-refractivity contribution in [2.24, 2.45) is 0 Å². The van der Waals surface area contributed by atoms with E-state index in [0.717, 1.165) is 5.57 Å². The van der Waals surface area contributed by atoms with Crippen molar-refractivity contribution in [1.82, 2.24) is 0 Å². The smallest absolute Gasteiger partial charge is 0.339 e. The molecule has 0 aromatic heterocycles. The third-order valence-corrected chi connectivity index (χ3v) is 7.76. The highest BCUT2D eigenvalue weighted by Gasteiger charge is 2.25. The lowest BCUT2D eigenvalue weighted by Gasteiger charge is -2.16. The number of aliphatic hydroxyl groups is 2. The molecule has 0 fully saturated rings. The van der Waals surface area contributed by atoms with Crippen molar-refractivity contribution in [2.75, 3.05) is 46.2 Å². The summed E-state index contributed by atoms with van der Waals surface area (Å²) in [5.41, 5.74) is 0.564. The van der Waals surface area contributed by atoms with Gasteiger partial charge < -0.3 is 43.4 Å². The topological polar surface area (TPSA) is 225 Å². The molecule has 2 aromatic rings. The molecule has 2 atom stereocenters. The van der Waals surface area contributed by atoms with E-state index >= 15 is 0 Å². The number of hydrogen-bond donors (Lipinski definition) is 2. The Labute approximate surface area is 342 Å². The maximum atomic E-state index is 13.4. The second kappa shape index (κ2) is 24.4. The molecule has 0 heterocycles. The number of rotatable bonds is 24. The maximum absolute atomic E-state index is 13.4. The Morgan fingerprint density at radius 2 is 0.847 bits per heavy atom. The van der Waals surface area contributed by atoms with Gasteiger partial charge in [-0.3, -0.25) is 0 Å². The zero-order valence-corrected chi connectivity index (χ0v) is 33.6. The summed E-state index contributed by atoms with van der Waals surface area (Å²) in [5.74, 6) is -6.27. The number of aliphatic hydroxyl groups excluding tert-OH is 2. The number of esters is 7. The summed E-state index contributed by atoms with van der Waals surface area (Å²) in [6.07, 6.45) is -0.795. The highest BCUT2D eigenvalue weighted by Crippen LogP contribution is 2.27. The Kier molecular flexibility index (Phi) is 20.2. The van der Waals surface area contributed by atoms with Crippen molar-refractivity contribution >= 4 is 41.8 Å². The molecule has 0 amide bonds. The third kappa shape index (κ3) is 16.9. The van der Waals surface area contributed by atoms with E-state index in [4.69, 9.17) is 33.2 Å². The first-order valence-corrected chi connectivity index (χ1v) is 18.3. The Bertz CT molecular complexity index is 1940. The van der Waals surface area contributed by atoms with Gasteiger partial charge in [0.2, 0.25) is 0 Å².